The minimum atomic E-state index is -0.180. The van der Waals surface area contributed by atoms with Crippen molar-refractivity contribution in [2.75, 3.05) is 0 Å². The summed E-state index contributed by atoms with van der Waals surface area (Å²) in [6, 6.07) is 8.53. The SMILES string of the molecule is CC1=C[C@@]2(CCc3ccccc32)ON1. The first-order valence-corrected chi connectivity index (χ1v) is 5.02. The Labute approximate surface area is 83.5 Å². The van der Waals surface area contributed by atoms with Gasteiger partial charge in [0.25, 0.3) is 0 Å². The molecule has 2 heteroatoms. The monoisotopic (exact) mass is 187 g/mol. The van der Waals surface area contributed by atoms with Gasteiger partial charge in [0.2, 0.25) is 0 Å². The van der Waals surface area contributed by atoms with Crippen LogP contribution in [0.15, 0.2) is 36.0 Å². The molecule has 1 N–H and O–H groups in total. The van der Waals surface area contributed by atoms with Crippen LogP contribution in [-0.4, -0.2) is 0 Å². The number of benzene rings is 1. The minimum absolute atomic E-state index is 0.180. The molecule has 1 aliphatic carbocycles. The first-order valence-electron chi connectivity index (χ1n) is 5.02. The van der Waals surface area contributed by atoms with Gasteiger partial charge in [-0.05, 0) is 37.0 Å². The van der Waals surface area contributed by atoms with E-state index >= 15 is 0 Å². The van der Waals surface area contributed by atoms with E-state index in [2.05, 4.69) is 35.8 Å². The van der Waals surface area contributed by atoms with E-state index in [1.54, 1.807) is 0 Å². The molecule has 2 aliphatic rings. The van der Waals surface area contributed by atoms with Gasteiger partial charge in [0.15, 0.2) is 0 Å². The molecule has 1 aliphatic heterocycles. The van der Waals surface area contributed by atoms with E-state index in [-0.39, 0.29) is 5.60 Å². The fourth-order valence-corrected chi connectivity index (χ4v) is 2.44. The van der Waals surface area contributed by atoms with Crippen LogP contribution in [0.2, 0.25) is 0 Å². The molecular weight excluding hydrogens is 174 g/mol. The standard InChI is InChI=1S/C12H13NO/c1-9-8-12(14-13-9)7-6-10-4-2-3-5-11(10)12/h2-5,8,13H,6-7H2,1H3/t12-/m1/s1. The van der Waals surface area contributed by atoms with Gasteiger partial charge in [0.05, 0.1) is 0 Å². The maximum atomic E-state index is 5.70. The zero-order valence-electron chi connectivity index (χ0n) is 8.21. The molecule has 1 aromatic rings. The van der Waals surface area contributed by atoms with Crippen molar-refractivity contribution in [2.24, 2.45) is 0 Å². The molecular formula is C12H13NO. The van der Waals surface area contributed by atoms with E-state index in [9.17, 15) is 0 Å². The summed E-state index contributed by atoms with van der Waals surface area (Å²) in [5, 5.41) is 0. The Hall–Kier alpha value is -1.28. The van der Waals surface area contributed by atoms with Gasteiger partial charge in [0, 0.05) is 5.70 Å². The highest BCUT2D eigenvalue weighted by molar-refractivity contribution is 5.42. The van der Waals surface area contributed by atoms with Crippen molar-refractivity contribution in [3.63, 3.8) is 0 Å². The van der Waals surface area contributed by atoms with E-state index in [0.717, 1.165) is 18.5 Å². The summed E-state index contributed by atoms with van der Waals surface area (Å²) in [6.45, 7) is 2.04. The van der Waals surface area contributed by atoms with E-state index in [0.29, 0.717) is 0 Å². The molecule has 14 heavy (non-hydrogen) atoms. The Balaban J connectivity index is 2.14. The summed E-state index contributed by atoms with van der Waals surface area (Å²) in [4.78, 5) is 5.70. The summed E-state index contributed by atoms with van der Waals surface area (Å²) in [5.74, 6) is 0. The van der Waals surface area contributed by atoms with Crippen LogP contribution in [0.1, 0.15) is 24.5 Å². The molecule has 0 bridgehead atoms. The van der Waals surface area contributed by atoms with Gasteiger partial charge in [-0.25, -0.2) is 0 Å². The van der Waals surface area contributed by atoms with Gasteiger partial charge < -0.3 is 0 Å². The van der Waals surface area contributed by atoms with E-state index < -0.39 is 0 Å². The molecule has 1 aromatic carbocycles. The fourth-order valence-electron chi connectivity index (χ4n) is 2.44. The highest BCUT2D eigenvalue weighted by atomic mass is 16.7. The van der Waals surface area contributed by atoms with Crippen molar-refractivity contribution in [1.82, 2.24) is 5.48 Å². The third-order valence-electron chi connectivity index (χ3n) is 3.08. The lowest BCUT2D eigenvalue weighted by Gasteiger charge is -2.20. The average molecular weight is 187 g/mol. The third kappa shape index (κ3) is 0.946. The zero-order valence-corrected chi connectivity index (χ0v) is 8.21. The first-order chi connectivity index (χ1) is 6.80. The van der Waals surface area contributed by atoms with Crippen molar-refractivity contribution in [2.45, 2.75) is 25.4 Å². The molecule has 1 spiro atoms. The molecule has 1 heterocycles. The van der Waals surface area contributed by atoms with Crippen LogP contribution in [0, 0.1) is 0 Å². The Kier molecular flexibility index (Phi) is 1.50. The third-order valence-corrected chi connectivity index (χ3v) is 3.08. The van der Waals surface area contributed by atoms with Gasteiger partial charge >= 0.3 is 0 Å². The van der Waals surface area contributed by atoms with Crippen molar-refractivity contribution in [1.29, 1.82) is 0 Å². The summed E-state index contributed by atoms with van der Waals surface area (Å²) in [7, 11) is 0. The predicted molar refractivity (Wildman–Crippen MR) is 54.4 cm³/mol. The van der Waals surface area contributed by atoms with Crippen LogP contribution in [0.4, 0.5) is 0 Å². The van der Waals surface area contributed by atoms with E-state index in [4.69, 9.17) is 4.84 Å². The second kappa shape index (κ2) is 2.61. The predicted octanol–water partition coefficient (Wildman–Crippen LogP) is 2.27. The van der Waals surface area contributed by atoms with Crippen LogP contribution in [0.3, 0.4) is 0 Å². The number of rotatable bonds is 0. The number of allylic oxidation sites excluding steroid dienone is 1. The molecule has 1 atom stereocenters. The Morgan fingerprint density at radius 1 is 1.36 bits per heavy atom. The fraction of sp³-hybridized carbons (Fsp3) is 0.333. The molecule has 3 rings (SSSR count). The Bertz CT molecular complexity index is 411. The molecule has 2 nitrogen and oxygen atoms in total. The molecule has 72 valence electrons. The Morgan fingerprint density at radius 3 is 3.00 bits per heavy atom. The highest BCUT2D eigenvalue weighted by Gasteiger charge is 2.41. The van der Waals surface area contributed by atoms with E-state index in [1.807, 2.05) is 6.92 Å². The largest absolute Gasteiger partial charge is 0.270 e. The number of hydrogen-bond donors (Lipinski definition) is 1. The van der Waals surface area contributed by atoms with Gasteiger partial charge in [-0.2, -0.15) is 0 Å². The van der Waals surface area contributed by atoms with Crippen molar-refractivity contribution in [3.05, 3.63) is 47.2 Å². The maximum Gasteiger partial charge on any atom is 0.142 e. The van der Waals surface area contributed by atoms with Crippen LogP contribution in [0.5, 0.6) is 0 Å². The average Bonchev–Trinajstić information content (AvgIpc) is 2.75. The number of nitrogens with one attached hydrogen (secondary N) is 1. The van der Waals surface area contributed by atoms with Gasteiger partial charge in [-0.3, -0.25) is 10.3 Å². The molecule has 0 saturated heterocycles. The lowest BCUT2D eigenvalue weighted by molar-refractivity contribution is -0.0425. The number of aryl methyl sites for hydroxylation is 1. The van der Waals surface area contributed by atoms with Crippen LogP contribution in [-0.2, 0) is 16.9 Å². The summed E-state index contributed by atoms with van der Waals surface area (Å²) < 4.78 is 0. The lowest BCUT2D eigenvalue weighted by atomic mass is 9.96. The lowest BCUT2D eigenvalue weighted by Crippen LogP contribution is -2.23. The molecule has 0 unspecified atom stereocenters. The van der Waals surface area contributed by atoms with Crippen molar-refractivity contribution in [3.8, 4) is 0 Å². The molecule has 0 amide bonds. The normalized spacial score (nSPS) is 28.8. The smallest absolute Gasteiger partial charge is 0.142 e. The van der Waals surface area contributed by atoms with Crippen molar-refractivity contribution < 1.29 is 4.84 Å². The van der Waals surface area contributed by atoms with Gasteiger partial charge in [-0.1, -0.05) is 24.3 Å². The second-order valence-corrected chi connectivity index (χ2v) is 4.08. The van der Waals surface area contributed by atoms with Crippen molar-refractivity contribution >= 4 is 0 Å². The highest BCUT2D eigenvalue weighted by Crippen LogP contribution is 2.43. The first kappa shape index (κ1) is 8.06. The molecule has 0 radical (unpaired) electrons. The number of hydroxylamine groups is 1. The Morgan fingerprint density at radius 2 is 2.21 bits per heavy atom. The minimum Gasteiger partial charge on any atom is -0.270 e. The van der Waals surface area contributed by atoms with E-state index in [1.165, 1.54) is 11.1 Å². The van der Waals surface area contributed by atoms with Crippen LogP contribution < -0.4 is 5.48 Å². The second-order valence-electron chi connectivity index (χ2n) is 4.08. The molecule has 0 fully saturated rings. The molecule has 0 aromatic heterocycles. The van der Waals surface area contributed by atoms with Crippen LogP contribution >= 0.6 is 0 Å². The van der Waals surface area contributed by atoms with Gasteiger partial charge in [-0.15, -0.1) is 0 Å². The van der Waals surface area contributed by atoms with Gasteiger partial charge in [0.1, 0.15) is 5.60 Å². The summed E-state index contributed by atoms with van der Waals surface area (Å²) in [6.07, 6.45) is 4.36. The number of fused-ring (bicyclic) bond motifs is 2. The summed E-state index contributed by atoms with van der Waals surface area (Å²) in [5.41, 5.74) is 6.63. The quantitative estimate of drug-likeness (QED) is 0.672. The topological polar surface area (TPSA) is 21.3 Å². The molecule has 0 saturated carbocycles. The van der Waals surface area contributed by atoms with Crippen LogP contribution in [0.25, 0.3) is 0 Å². The maximum absolute atomic E-state index is 5.70. The summed E-state index contributed by atoms with van der Waals surface area (Å²) >= 11 is 0. The number of hydrogen-bond acceptors (Lipinski definition) is 2. The zero-order chi connectivity index (χ0) is 9.60.